The Morgan fingerprint density at radius 1 is 0.921 bits per heavy atom. The molecule has 2 atom stereocenters. The standard InChI is InChI=1S/C27H28N2O7S2/c30-26(31)14-23(20-11-12-24-25(13-20)36-18-35-24)29-27(32)28-21(15-37-22-9-5-2-6-10-22)17-38(33,34)16-19-7-3-1-4-8-19/h1-13,21,23H,14-18H2,(H,30,31)(H2,28,29,32)/t21-,23+/m1/s1. The molecule has 0 fully saturated rings. The first-order valence-corrected chi connectivity index (χ1v) is 14.7. The second kappa shape index (κ2) is 12.7. The monoisotopic (exact) mass is 556 g/mol. The maximum Gasteiger partial charge on any atom is 0.315 e. The fourth-order valence-corrected chi connectivity index (χ4v) is 6.71. The summed E-state index contributed by atoms with van der Waals surface area (Å²) in [6.45, 7) is 0.0640. The van der Waals surface area contributed by atoms with E-state index < -0.39 is 33.9 Å². The van der Waals surface area contributed by atoms with Gasteiger partial charge in [0, 0.05) is 10.6 Å². The largest absolute Gasteiger partial charge is 0.481 e. The van der Waals surface area contributed by atoms with Gasteiger partial charge in [-0.3, -0.25) is 4.79 Å². The van der Waals surface area contributed by atoms with E-state index in [0.717, 1.165) is 4.90 Å². The summed E-state index contributed by atoms with van der Waals surface area (Å²) in [6, 6.07) is 21.0. The number of carbonyl (C=O) groups excluding carboxylic acids is 1. The number of ether oxygens (including phenoxy) is 2. The number of carboxylic acid groups (broad SMARTS) is 1. The third-order valence-corrected chi connectivity index (χ3v) is 8.56. The van der Waals surface area contributed by atoms with Crippen LogP contribution >= 0.6 is 11.8 Å². The van der Waals surface area contributed by atoms with Crippen molar-refractivity contribution in [2.45, 2.75) is 29.2 Å². The molecule has 0 aromatic heterocycles. The van der Waals surface area contributed by atoms with Crippen LogP contribution in [-0.4, -0.2) is 49.9 Å². The first kappa shape index (κ1) is 27.3. The average Bonchev–Trinajstić information content (AvgIpc) is 3.35. The first-order chi connectivity index (χ1) is 18.3. The van der Waals surface area contributed by atoms with Crippen molar-refractivity contribution in [3.8, 4) is 11.5 Å². The number of amides is 2. The van der Waals surface area contributed by atoms with E-state index in [1.807, 2.05) is 36.4 Å². The highest BCUT2D eigenvalue weighted by Crippen LogP contribution is 2.34. The molecule has 3 N–H and O–H groups in total. The van der Waals surface area contributed by atoms with Crippen molar-refractivity contribution in [2.24, 2.45) is 0 Å². The lowest BCUT2D eigenvalue weighted by Crippen LogP contribution is -2.47. The van der Waals surface area contributed by atoms with Gasteiger partial charge in [0.2, 0.25) is 6.79 Å². The van der Waals surface area contributed by atoms with Crippen molar-refractivity contribution < 1.29 is 32.6 Å². The summed E-state index contributed by atoms with van der Waals surface area (Å²) in [7, 11) is -3.57. The number of carbonyl (C=O) groups is 2. The van der Waals surface area contributed by atoms with E-state index in [2.05, 4.69) is 10.6 Å². The van der Waals surface area contributed by atoms with Crippen molar-refractivity contribution >= 4 is 33.6 Å². The van der Waals surface area contributed by atoms with Crippen LogP contribution in [0.15, 0.2) is 83.8 Å². The number of thioether (sulfide) groups is 1. The van der Waals surface area contributed by atoms with Crippen molar-refractivity contribution in [2.75, 3.05) is 18.3 Å². The second-order valence-electron chi connectivity index (χ2n) is 8.74. The van der Waals surface area contributed by atoms with Gasteiger partial charge in [-0.2, -0.15) is 0 Å². The molecule has 11 heteroatoms. The van der Waals surface area contributed by atoms with Crippen LogP contribution in [0.5, 0.6) is 11.5 Å². The van der Waals surface area contributed by atoms with Crippen molar-refractivity contribution in [3.05, 3.63) is 90.0 Å². The predicted molar refractivity (Wildman–Crippen MR) is 144 cm³/mol. The Labute approximate surface area is 225 Å². The fourth-order valence-electron chi connectivity index (χ4n) is 3.98. The highest BCUT2D eigenvalue weighted by molar-refractivity contribution is 7.99. The molecule has 9 nitrogen and oxygen atoms in total. The number of hydrogen-bond acceptors (Lipinski definition) is 7. The van der Waals surface area contributed by atoms with Crippen LogP contribution in [0.3, 0.4) is 0 Å². The molecule has 200 valence electrons. The number of carboxylic acids is 1. The van der Waals surface area contributed by atoms with Crippen LogP contribution in [-0.2, 0) is 20.4 Å². The maximum atomic E-state index is 13.0. The SMILES string of the molecule is O=C(O)C[C@H](NC(=O)N[C@H](CSc1ccccc1)CS(=O)(=O)Cc1ccccc1)c1ccc2c(c1)OCO2. The molecule has 0 radical (unpaired) electrons. The minimum absolute atomic E-state index is 0.0640. The molecule has 1 aliphatic rings. The molecule has 0 saturated heterocycles. The predicted octanol–water partition coefficient (Wildman–Crippen LogP) is 4.01. The molecule has 0 aliphatic carbocycles. The van der Waals surface area contributed by atoms with Gasteiger partial charge in [0.15, 0.2) is 21.3 Å². The molecule has 1 heterocycles. The van der Waals surface area contributed by atoms with E-state index in [0.29, 0.717) is 28.4 Å². The van der Waals surface area contributed by atoms with Crippen LogP contribution in [0.4, 0.5) is 4.79 Å². The third kappa shape index (κ3) is 8.15. The van der Waals surface area contributed by atoms with Gasteiger partial charge in [-0.1, -0.05) is 54.6 Å². The van der Waals surface area contributed by atoms with Gasteiger partial charge in [0.05, 0.1) is 30.0 Å². The van der Waals surface area contributed by atoms with Gasteiger partial charge in [0.25, 0.3) is 0 Å². The van der Waals surface area contributed by atoms with E-state index in [1.165, 1.54) is 11.8 Å². The maximum absolute atomic E-state index is 13.0. The van der Waals surface area contributed by atoms with E-state index in [1.54, 1.807) is 42.5 Å². The Bertz CT molecular complexity index is 1350. The molecular formula is C27H28N2O7S2. The van der Waals surface area contributed by atoms with Gasteiger partial charge >= 0.3 is 12.0 Å². The Morgan fingerprint density at radius 2 is 1.61 bits per heavy atom. The summed E-state index contributed by atoms with van der Waals surface area (Å²) in [4.78, 5) is 25.5. The molecule has 0 unspecified atom stereocenters. The average molecular weight is 557 g/mol. The molecule has 0 saturated carbocycles. The minimum atomic E-state index is -3.57. The number of fused-ring (bicyclic) bond motifs is 1. The zero-order valence-corrected chi connectivity index (χ0v) is 22.0. The smallest absolute Gasteiger partial charge is 0.315 e. The minimum Gasteiger partial charge on any atom is -0.481 e. The normalized spacial score (nSPS) is 13.9. The second-order valence-corrected chi connectivity index (χ2v) is 11.9. The number of aliphatic carboxylic acids is 1. The van der Waals surface area contributed by atoms with Crippen LogP contribution in [0, 0.1) is 0 Å². The fraction of sp³-hybridized carbons (Fsp3) is 0.259. The van der Waals surface area contributed by atoms with Gasteiger partial charge in [-0.05, 0) is 35.4 Å². The summed E-state index contributed by atoms with van der Waals surface area (Å²) in [5.41, 5.74) is 1.19. The topological polar surface area (TPSA) is 131 Å². The zero-order valence-electron chi connectivity index (χ0n) is 20.4. The number of sulfone groups is 1. The summed E-state index contributed by atoms with van der Waals surface area (Å²) in [5.74, 6) is -0.225. The number of nitrogens with one attached hydrogen (secondary N) is 2. The highest BCUT2D eigenvalue weighted by Gasteiger charge is 2.25. The molecule has 3 aromatic carbocycles. The number of rotatable bonds is 12. The van der Waals surface area contributed by atoms with Gasteiger partial charge in [-0.15, -0.1) is 11.8 Å². The number of hydrogen-bond donors (Lipinski definition) is 3. The zero-order chi connectivity index (χ0) is 27.0. The van der Waals surface area contributed by atoms with Gasteiger partial charge < -0.3 is 25.2 Å². The Kier molecular flexibility index (Phi) is 9.14. The lowest BCUT2D eigenvalue weighted by Gasteiger charge is -2.22. The molecule has 0 spiro atoms. The Morgan fingerprint density at radius 3 is 2.32 bits per heavy atom. The highest BCUT2D eigenvalue weighted by atomic mass is 32.2. The molecular weight excluding hydrogens is 528 g/mol. The van der Waals surface area contributed by atoms with E-state index in [-0.39, 0.29) is 24.7 Å². The van der Waals surface area contributed by atoms with Crippen LogP contribution < -0.4 is 20.1 Å². The first-order valence-electron chi connectivity index (χ1n) is 11.9. The lowest BCUT2D eigenvalue weighted by molar-refractivity contribution is -0.137. The Hall–Kier alpha value is -3.70. The van der Waals surface area contributed by atoms with Crippen molar-refractivity contribution in [1.82, 2.24) is 10.6 Å². The molecule has 3 aromatic rings. The number of urea groups is 1. The van der Waals surface area contributed by atoms with Gasteiger partial charge in [0.1, 0.15) is 0 Å². The molecule has 2 amide bonds. The molecule has 38 heavy (non-hydrogen) atoms. The molecule has 1 aliphatic heterocycles. The summed E-state index contributed by atoms with van der Waals surface area (Å²) in [6.07, 6.45) is -0.372. The van der Waals surface area contributed by atoms with E-state index >= 15 is 0 Å². The lowest BCUT2D eigenvalue weighted by atomic mass is 10.0. The van der Waals surface area contributed by atoms with E-state index in [9.17, 15) is 23.1 Å². The summed E-state index contributed by atoms with van der Waals surface area (Å²) < 4.78 is 36.7. The number of benzene rings is 3. The van der Waals surface area contributed by atoms with Crippen LogP contribution in [0.25, 0.3) is 0 Å². The third-order valence-electron chi connectivity index (χ3n) is 5.70. The van der Waals surface area contributed by atoms with Crippen LogP contribution in [0.2, 0.25) is 0 Å². The Balaban J connectivity index is 1.47. The molecule has 4 rings (SSSR count). The van der Waals surface area contributed by atoms with E-state index in [4.69, 9.17) is 9.47 Å². The quantitative estimate of drug-likeness (QED) is 0.285. The summed E-state index contributed by atoms with van der Waals surface area (Å²) in [5, 5.41) is 14.9. The summed E-state index contributed by atoms with van der Waals surface area (Å²) >= 11 is 1.43. The van der Waals surface area contributed by atoms with Crippen molar-refractivity contribution in [1.29, 1.82) is 0 Å². The van der Waals surface area contributed by atoms with Gasteiger partial charge in [-0.25, -0.2) is 13.2 Å². The van der Waals surface area contributed by atoms with Crippen LogP contribution in [0.1, 0.15) is 23.6 Å². The van der Waals surface area contributed by atoms with Crippen molar-refractivity contribution in [3.63, 3.8) is 0 Å². The molecule has 0 bridgehead atoms.